The Hall–Kier alpha value is -2.14. The van der Waals surface area contributed by atoms with Gasteiger partial charge in [-0.15, -0.1) is 0 Å². The highest BCUT2D eigenvalue weighted by molar-refractivity contribution is 9.10. The van der Waals surface area contributed by atoms with Crippen LogP contribution in [0.5, 0.6) is 5.75 Å². The predicted molar refractivity (Wildman–Crippen MR) is 110 cm³/mol. The number of carbonyl (C=O) groups is 1. The summed E-state index contributed by atoms with van der Waals surface area (Å²) in [6, 6.07) is 15.6. The zero-order valence-corrected chi connectivity index (χ0v) is 16.9. The SMILES string of the molecule is CCCCCC(=NNC(=O)COc1ccc(Br)c(C)c1)c1ccccc1. The standard InChI is InChI=1S/C21H25BrN2O2/c1-3-4-6-11-20(17-9-7-5-8-10-17)23-24-21(25)15-26-18-12-13-19(22)16(2)14-18/h5,7-10,12-14H,3-4,6,11,15H2,1-2H3,(H,24,25). The topological polar surface area (TPSA) is 50.7 Å². The predicted octanol–water partition coefficient (Wildman–Crippen LogP) is 5.24. The Labute approximate surface area is 163 Å². The normalized spacial score (nSPS) is 11.3. The second-order valence-corrected chi connectivity index (χ2v) is 6.97. The van der Waals surface area contributed by atoms with Gasteiger partial charge in [-0.2, -0.15) is 5.10 Å². The van der Waals surface area contributed by atoms with Crippen LogP contribution < -0.4 is 10.2 Å². The summed E-state index contributed by atoms with van der Waals surface area (Å²) >= 11 is 3.45. The van der Waals surface area contributed by atoms with Crippen LogP contribution in [0.4, 0.5) is 0 Å². The summed E-state index contributed by atoms with van der Waals surface area (Å²) in [6.07, 6.45) is 4.18. The van der Waals surface area contributed by atoms with Crippen molar-refractivity contribution in [3.8, 4) is 5.75 Å². The minimum atomic E-state index is -0.269. The lowest BCUT2D eigenvalue weighted by Crippen LogP contribution is -2.26. The second-order valence-electron chi connectivity index (χ2n) is 6.12. The number of benzene rings is 2. The van der Waals surface area contributed by atoms with E-state index in [0.29, 0.717) is 5.75 Å². The first kappa shape index (κ1) is 20.2. The minimum Gasteiger partial charge on any atom is -0.484 e. The fourth-order valence-corrected chi connectivity index (χ4v) is 2.70. The molecule has 0 saturated carbocycles. The smallest absolute Gasteiger partial charge is 0.277 e. The van der Waals surface area contributed by atoms with E-state index in [0.717, 1.165) is 47.0 Å². The number of hydrogen-bond acceptors (Lipinski definition) is 3. The van der Waals surface area contributed by atoms with Gasteiger partial charge >= 0.3 is 0 Å². The van der Waals surface area contributed by atoms with Crippen LogP contribution in [0, 0.1) is 6.92 Å². The molecule has 5 heteroatoms. The molecule has 1 N–H and O–H groups in total. The largest absolute Gasteiger partial charge is 0.484 e. The number of unbranched alkanes of at least 4 members (excludes halogenated alkanes) is 2. The van der Waals surface area contributed by atoms with E-state index in [-0.39, 0.29) is 12.5 Å². The first-order valence-corrected chi connectivity index (χ1v) is 9.69. The highest BCUT2D eigenvalue weighted by Gasteiger charge is 2.07. The maximum absolute atomic E-state index is 12.1. The van der Waals surface area contributed by atoms with Gasteiger partial charge in [-0.1, -0.05) is 66.0 Å². The van der Waals surface area contributed by atoms with Gasteiger partial charge in [0.15, 0.2) is 6.61 Å². The Morgan fingerprint density at radius 2 is 1.92 bits per heavy atom. The molecule has 0 aromatic heterocycles. The van der Waals surface area contributed by atoms with E-state index < -0.39 is 0 Å². The van der Waals surface area contributed by atoms with Gasteiger partial charge in [-0.25, -0.2) is 5.43 Å². The molecule has 138 valence electrons. The van der Waals surface area contributed by atoms with Crippen molar-refractivity contribution in [3.63, 3.8) is 0 Å². The number of nitrogens with zero attached hydrogens (tertiary/aromatic N) is 1. The summed E-state index contributed by atoms with van der Waals surface area (Å²) in [6.45, 7) is 4.08. The highest BCUT2D eigenvalue weighted by Crippen LogP contribution is 2.21. The fourth-order valence-electron chi connectivity index (χ4n) is 2.46. The lowest BCUT2D eigenvalue weighted by atomic mass is 10.0. The van der Waals surface area contributed by atoms with E-state index >= 15 is 0 Å². The van der Waals surface area contributed by atoms with E-state index in [1.54, 1.807) is 0 Å². The molecule has 0 saturated heterocycles. The van der Waals surface area contributed by atoms with Crippen molar-refractivity contribution >= 4 is 27.5 Å². The molecule has 0 aliphatic rings. The highest BCUT2D eigenvalue weighted by atomic mass is 79.9. The molecular weight excluding hydrogens is 392 g/mol. The maximum atomic E-state index is 12.1. The van der Waals surface area contributed by atoms with Gasteiger partial charge in [-0.05, 0) is 49.1 Å². The van der Waals surface area contributed by atoms with E-state index in [4.69, 9.17) is 4.74 Å². The zero-order chi connectivity index (χ0) is 18.8. The third-order valence-electron chi connectivity index (χ3n) is 3.94. The molecule has 1 amide bonds. The van der Waals surface area contributed by atoms with E-state index in [1.807, 2.05) is 55.5 Å². The Kier molecular flexibility index (Phi) is 8.35. The van der Waals surface area contributed by atoms with Gasteiger partial charge in [0.05, 0.1) is 5.71 Å². The van der Waals surface area contributed by atoms with Gasteiger partial charge < -0.3 is 4.74 Å². The molecule has 26 heavy (non-hydrogen) atoms. The number of hydrazone groups is 1. The zero-order valence-electron chi connectivity index (χ0n) is 15.3. The van der Waals surface area contributed by atoms with Crippen LogP contribution in [-0.2, 0) is 4.79 Å². The van der Waals surface area contributed by atoms with Crippen molar-refractivity contribution in [3.05, 3.63) is 64.1 Å². The molecule has 0 bridgehead atoms. The molecular formula is C21H25BrN2O2. The van der Waals surface area contributed by atoms with Gasteiger partial charge in [-0.3, -0.25) is 4.79 Å². The first-order chi connectivity index (χ1) is 12.6. The first-order valence-electron chi connectivity index (χ1n) is 8.90. The van der Waals surface area contributed by atoms with Gasteiger partial charge in [0.25, 0.3) is 5.91 Å². The fraction of sp³-hybridized carbons (Fsp3) is 0.333. The summed E-state index contributed by atoms with van der Waals surface area (Å²) < 4.78 is 6.55. The maximum Gasteiger partial charge on any atom is 0.277 e. The molecule has 2 rings (SSSR count). The van der Waals surface area contributed by atoms with Crippen molar-refractivity contribution < 1.29 is 9.53 Å². The van der Waals surface area contributed by atoms with Gasteiger partial charge in [0.1, 0.15) is 5.75 Å². The van der Waals surface area contributed by atoms with E-state index in [9.17, 15) is 4.79 Å². The molecule has 0 spiro atoms. The van der Waals surface area contributed by atoms with Gasteiger partial charge in [0.2, 0.25) is 0 Å². The van der Waals surface area contributed by atoms with Crippen LogP contribution in [0.15, 0.2) is 58.1 Å². The Morgan fingerprint density at radius 1 is 1.15 bits per heavy atom. The van der Waals surface area contributed by atoms with Crippen molar-refractivity contribution in [1.29, 1.82) is 0 Å². The number of hydrogen-bond donors (Lipinski definition) is 1. The average Bonchev–Trinajstić information content (AvgIpc) is 2.66. The second kappa shape index (κ2) is 10.8. The number of aryl methyl sites for hydroxylation is 1. The molecule has 0 unspecified atom stereocenters. The van der Waals surface area contributed by atoms with Crippen LogP contribution in [0.3, 0.4) is 0 Å². The third-order valence-corrected chi connectivity index (χ3v) is 4.83. The molecule has 0 aliphatic heterocycles. The third kappa shape index (κ3) is 6.64. The quantitative estimate of drug-likeness (QED) is 0.345. The van der Waals surface area contributed by atoms with Crippen LogP contribution in [0.25, 0.3) is 0 Å². The van der Waals surface area contributed by atoms with E-state index in [2.05, 4.69) is 33.4 Å². The molecule has 0 fully saturated rings. The summed E-state index contributed by atoms with van der Waals surface area (Å²) in [5, 5.41) is 4.34. The minimum absolute atomic E-state index is 0.0679. The average molecular weight is 417 g/mol. The molecule has 0 radical (unpaired) electrons. The molecule has 4 nitrogen and oxygen atoms in total. The lowest BCUT2D eigenvalue weighted by Gasteiger charge is -2.09. The number of ether oxygens (including phenoxy) is 1. The number of amides is 1. The summed E-state index contributed by atoms with van der Waals surface area (Å²) in [7, 11) is 0. The summed E-state index contributed by atoms with van der Waals surface area (Å²) in [5.74, 6) is 0.394. The van der Waals surface area contributed by atoms with Crippen molar-refractivity contribution in [2.75, 3.05) is 6.61 Å². The number of halogens is 1. The van der Waals surface area contributed by atoms with E-state index in [1.165, 1.54) is 0 Å². The van der Waals surface area contributed by atoms with Crippen LogP contribution in [0.1, 0.15) is 43.7 Å². The van der Waals surface area contributed by atoms with Crippen LogP contribution >= 0.6 is 15.9 Å². The molecule has 0 atom stereocenters. The lowest BCUT2D eigenvalue weighted by molar-refractivity contribution is -0.123. The Bertz CT molecular complexity index is 745. The van der Waals surface area contributed by atoms with Crippen molar-refractivity contribution in [1.82, 2.24) is 5.43 Å². The summed E-state index contributed by atoms with van der Waals surface area (Å²) in [5.41, 5.74) is 5.61. The van der Waals surface area contributed by atoms with Crippen molar-refractivity contribution in [2.45, 2.75) is 39.5 Å². The molecule has 0 aliphatic carbocycles. The monoisotopic (exact) mass is 416 g/mol. The number of carbonyl (C=O) groups excluding carboxylic acids is 1. The number of rotatable bonds is 9. The van der Waals surface area contributed by atoms with Gasteiger partial charge in [0, 0.05) is 4.47 Å². The Morgan fingerprint density at radius 3 is 2.62 bits per heavy atom. The van der Waals surface area contributed by atoms with Crippen LogP contribution in [-0.4, -0.2) is 18.2 Å². The summed E-state index contributed by atoms with van der Waals surface area (Å²) in [4.78, 5) is 12.1. The number of nitrogens with one attached hydrogen (secondary N) is 1. The van der Waals surface area contributed by atoms with Crippen LogP contribution in [0.2, 0.25) is 0 Å². The Balaban J connectivity index is 1.94. The van der Waals surface area contributed by atoms with Crippen molar-refractivity contribution in [2.24, 2.45) is 5.10 Å². The molecule has 0 heterocycles. The molecule has 2 aromatic carbocycles. The molecule has 2 aromatic rings.